The van der Waals surface area contributed by atoms with Gasteiger partial charge in [0.25, 0.3) is 0 Å². The van der Waals surface area contributed by atoms with Crippen molar-refractivity contribution in [2.45, 2.75) is 25.1 Å². The lowest BCUT2D eigenvalue weighted by molar-refractivity contribution is -0.186. The average molecular weight is 214 g/mol. The van der Waals surface area contributed by atoms with E-state index in [9.17, 15) is 18.0 Å². The number of ether oxygens (including phenoxy) is 1. The highest BCUT2D eigenvalue weighted by molar-refractivity contribution is 5.69. The first kappa shape index (κ1) is 13.2. The topological polar surface area (TPSA) is 78.3 Å². The zero-order valence-corrected chi connectivity index (χ0v) is 7.51. The molecule has 0 aromatic carbocycles. The molecule has 0 saturated carbocycles. The molecule has 0 radical (unpaired) electrons. The van der Waals surface area contributed by atoms with Crippen molar-refractivity contribution in [3.63, 3.8) is 0 Å². The number of esters is 1. The molecule has 0 heterocycles. The third-order valence-electron chi connectivity index (χ3n) is 1.42. The van der Waals surface area contributed by atoms with Gasteiger partial charge < -0.3 is 16.2 Å². The van der Waals surface area contributed by atoms with Crippen LogP contribution in [-0.2, 0) is 9.53 Å². The number of hydrogen-bond donors (Lipinski definition) is 2. The molecule has 0 rings (SSSR count). The molecule has 0 spiro atoms. The summed E-state index contributed by atoms with van der Waals surface area (Å²) in [6.07, 6.45) is -4.40. The molecule has 0 amide bonds. The van der Waals surface area contributed by atoms with Crippen LogP contribution in [0.15, 0.2) is 0 Å². The number of alkyl halides is 3. The highest BCUT2D eigenvalue weighted by Gasteiger charge is 2.29. The molecule has 0 bridgehead atoms. The van der Waals surface area contributed by atoms with E-state index < -0.39 is 18.8 Å². The van der Waals surface area contributed by atoms with Gasteiger partial charge >= 0.3 is 12.1 Å². The Morgan fingerprint density at radius 2 is 2.00 bits per heavy atom. The summed E-state index contributed by atoms with van der Waals surface area (Å²) in [6, 6.07) is -0.381. The molecule has 1 atom stereocenters. The van der Waals surface area contributed by atoms with Gasteiger partial charge in [0.2, 0.25) is 0 Å². The molecular weight excluding hydrogens is 201 g/mol. The SMILES string of the molecule is NCC(N)CCC(=O)OCC(F)(F)F. The van der Waals surface area contributed by atoms with Gasteiger partial charge in [-0.1, -0.05) is 0 Å². The van der Waals surface area contributed by atoms with Crippen LogP contribution in [-0.4, -0.2) is 31.3 Å². The first-order chi connectivity index (χ1) is 6.35. The molecule has 14 heavy (non-hydrogen) atoms. The highest BCUT2D eigenvalue weighted by Crippen LogP contribution is 2.14. The first-order valence-electron chi connectivity index (χ1n) is 4.03. The fourth-order valence-corrected chi connectivity index (χ4v) is 0.656. The molecule has 4 nitrogen and oxygen atoms in total. The van der Waals surface area contributed by atoms with Crippen LogP contribution in [0, 0.1) is 0 Å². The van der Waals surface area contributed by atoms with Gasteiger partial charge in [-0.25, -0.2) is 0 Å². The average Bonchev–Trinajstić information content (AvgIpc) is 2.09. The van der Waals surface area contributed by atoms with Gasteiger partial charge in [-0.2, -0.15) is 13.2 Å². The summed E-state index contributed by atoms with van der Waals surface area (Å²) < 4.78 is 38.6. The minimum Gasteiger partial charge on any atom is -0.456 e. The quantitative estimate of drug-likeness (QED) is 0.639. The van der Waals surface area contributed by atoms with Crippen LogP contribution in [0.4, 0.5) is 13.2 Å². The Bertz CT molecular complexity index is 184. The van der Waals surface area contributed by atoms with Gasteiger partial charge in [0.15, 0.2) is 6.61 Å². The second-order valence-corrected chi connectivity index (χ2v) is 2.81. The Kier molecular flexibility index (Phi) is 5.47. The van der Waals surface area contributed by atoms with Crippen LogP contribution in [0.3, 0.4) is 0 Å². The molecule has 1 unspecified atom stereocenters. The van der Waals surface area contributed by atoms with E-state index in [-0.39, 0.29) is 25.4 Å². The maximum atomic E-state index is 11.6. The number of hydrogen-bond acceptors (Lipinski definition) is 4. The van der Waals surface area contributed by atoms with Crippen LogP contribution in [0.5, 0.6) is 0 Å². The normalized spacial score (nSPS) is 13.8. The van der Waals surface area contributed by atoms with Crippen molar-refractivity contribution in [3.8, 4) is 0 Å². The van der Waals surface area contributed by atoms with Gasteiger partial charge in [0.1, 0.15) is 0 Å². The van der Waals surface area contributed by atoms with Crippen LogP contribution < -0.4 is 11.5 Å². The monoisotopic (exact) mass is 214 g/mol. The van der Waals surface area contributed by atoms with Crippen molar-refractivity contribution in [1.29, 1.82) is 0 Å². The summed E-state index contributed by atoms with van der Waals surface area (Å²) in [7, 11) is 0. The summed E-state index contributed by atoms with van der Waals surface area (Å²) in [5.41, 5.74) is 10.5. The fourth-order valence-electron chi connectivity index (χ4n) is 0.656. The molecule has 0 aliphatic heterocycles. The second kappa shape index (κ2) is 5.82. The van der Waals surface area contributed by atoms with Gasteiger partial charge in [-0.05, 0) is 6.42 Å². The molecule has 7 heteroatoms. The van der Waals surface area contributed by atoms with E-state index in [0.717, 1.165) is 0 Å². The zero-order chi connectivity index (χ0) is 11.2. The summed E-state index contributed by atoms with van der Waals surface area (Å²) in [6.45, 7) is -1.36. The zero-order valence-electron chi connectivity index (χ0n) is 7.51. The van der Waals surface area contributed by atoms with Crippen molar-refractivity contribution in [2.24, 2.45) is 11.5 Å². The largest absolute Gasteiger partial charge is 0.456 e. The smallest absolute Gasteiger partial charge is 0.422 e. The molecule has 4 N–H and O–H groups in total. The predicted octanol–water partition coefficient (Wildman–Crippen LogP) is 0.158. The lowest BCUT2D eigenvalue weighted by Gasteiger charge is -2.09. The third kappa shape index (κ3) is 7.81. The molecule has 0 aliphatic rings. The van der Waals surface area contributed by atoms with Crippen molar-refractivity contribution < 1.29 is 22.7 Å². The van der Waals surface area contributed by atoms with Crippen molar-refractivity contribution in [2.75, 3.05) is 13.2 Å². The Morgan fingerprint density at radius 1 is 1.43 bits per heavy atom. The Balaban J connectivity index is 3.57. The van der Waals surface area contributed by atoms with E-state index >= 15 is 0 Å². The fraction of sp³-hybridized carbons (Fsp3) is 0.857. The van der Waals surface area contributed by atoms with E-state index in [4.69, 9.17) is 11.5 Å². The Morgan fingerprint density at radius 3 is 2.43 bits per heavy atom. The van der Waals surface area contributed by atoms with Crippen molar-refractivity contribution in [1.82, 2.24) is 0 Å². The minimum absolute atomic E-state index is 0.144. The van der Waals surface area contributed by atoms with Crippen molar-refractivity contribution in [3.05, 3.63) is 0 Å². The number of rotatable bonds is 5. The number of nitrogens with two attached hydrogens (primary N) is 2. The number of halogens is 3. The number of carbonyl (C=O) groups is 1. The van der Waals surface area contributed by atoms with E-state index in [1.807, 2.05) is 0 Å². The van der Waals surface area contributed by atoms with Gasteiger partial charge in [0.05, 0.1) is 0 Å². The summed E-state index contributed by atoms with van der Waals surface area (Å²) in [4.78, 5) is 10.7. The molecule has 0 aromatic heterocycles. The van der Waals surface area contributed by atoms with E-state index in [2.05, 4.69) is 4.74 Å². The molecule has 0 aromatic rings. The lowest BCUT2D eigenvalue weighted by atomic mass is 10.2. The summed E-state index contributed by atoms with van der Waals surface area (Å²) in [5.74, 6) is -0.911. The first-order valence-corrected chi connectivity index (χ1v) is 4.03. The number of carbonyl (C=O) groups excluding carboxylic acids is 1. The van der Waals surface area contributed by atoms with Gasteiger partial charge in [0, 0.05) is 19.0 Å². The molecule has 84 valence electrons. The Hall–Kier alpha value is -0.820. The van der Waals surface area contributed by atoms with Gasteiger partial charge in [-0.15, -0.1) is 0 Å². The maximum absolute atomic E-state index is 11.6. The summed E-state index contributed by atoms with van der Waals surface area (Å²) >= 11 is 0. The van der Waals surface area contributed by atoms with Crippen LogP contribution in [0.1, 0.15) is 12.8 Å². The van der Waals surface area contributed by atoms with E-state index in [0.29, 0.717) is 0 Å². The molecule has 0 aliphatic carbocycles. The van der Waals surface area contributed by atoms with Gasteiger partial charge in [-0.3, -0.25) is 4.79 Å². The highest BCUT2D eigenvalue weighted by atomic mass is 19.4. The van der Waals surface area contributed by atoms with Crippen LogP contribution in [0.2, 0.25) is 0 Å². The second-order valence-electron chi connectivity index (χ2n) is 2.81. The van der Waals surface area contributed by atoms with Crippen LogP contribution in [0.25, 0.3) is 0 Å². The van der Waals surface area contributed by atoms with E-state index in [1.165, 1.54) is 0 Å². The molecule has 0 saturated heterocycles. The molecular formula is C7H13F3N2O2. The third-order valence-corrected chi connectivity index (χ3v) is 1.42. The van der Waals surface area contributed by atoms with Crippen molar-refractivity contribution >= 4 is 5.97 Å². The van der Waals surface area contributed by atoms with E-state index in [1.54, 1.807) is 0 Å². The van der Waals surface area contributed by atoms with Crippen LogP contribution >= 0.6 is 0 Å². The lowest BCUT2D eigenvalue weighted by Crippen LogP contribution is -2.30. The predicted molar refractivity (Wildman–Crippen MR) is 43.3 cm³/mol. The summed E-state index contributed by atoms with van der Waals surface area (Å²) in [5, 5.41) is 0. The maximum Gasteiger partial charge on any atom is 0.422 e. The minimum atomic E-state index is -4.48. The molecule has 0 fully saturated rings. The Labute approximate surface area is 79.4 Å². The standard InChI is InChI=1S/C7H13F3N2O2/c8-7(9,10)4-14-6(13)2-1-5(12)3-11/h5H,1-4,11-12H2.